The lowest BCUT2D eigenvalue weighted by atomic mass is 9.85. The zero-order valence-electron chi connectivity index (χ0n) is 17.2. The number of β-lactam (4-membered cyclic amide) rings is 1. The third-order valence-electron chi connectivity index (χ3n) is 5.62. The third kappa shape index (κ3) is 3.48. The Morgan fingerprint density at radius 3 is 2.69 bits per heavy atom. The van der Waals surface area contributed by atoms with Gasteiger partial charge in [-0.15, -0.1) is 0 Å². The van der Waals surface area contributed by atoms with Crippen LogP contribution in [0.15, 0.2) is 46.5 Å². The smallest absolute Gasteiger partial charge is 0.359 e. The number of cyclic esters (lactones) is 1. The fourth-order valence-corrected chi connectivity index (χ4v) is 5.39. The van der Waals surface area contributed by atoms with Crippen LogP contribution in [0, 0.1) is 5.92 Å². The summed E-state index contributed by atoms with van der Waals surface area (Å²) in [5, 5.41) is 3.00. The number of hydrogen-bond acceptors (Lipinski definition) is 8. The summed E-state index contributed by atoms with van der Waals surface area (Å²) in [6.45, 7) is 3.02. The van der Waals surface area contributed by atoms with Crippen LogP contribution >= 0.6 is 0 Å². The predicted octanol–water partition coefficient (Wildman–Crippen LogP) is 1.27. The van der Waals surface area contributed by atoms with Crippen LogP contribution in [-0.4, -0.2) is 43.1 Å². The standard InChI is InChI=1S/C21H20N2O8S/c1-3-12-15-10-16(32(28,29)9-8-22-11(2)24)17(23(15)18(12)25)20(27)31-21-14-7-5-4-6-13(14)19(26)30-21/h4-9,12,15,21H,3,10H2,1-2H3,(H,22,24). The van der Waals surface area contributed by atoms with Crippen molar-refractivity contribution in [1.82, 2.24) is 10.2 Å². The van der Waals surface area contributed by atoms with Gasteiger partial charge >= 0.3 is 11.9 Å². The maximum absolute atomic E-state index is 13.1. The summed E-state index contributed by atoms with van der Waals surface area (Å²) in [6, 6.07) is 5.86. The highest BCUT2D eigenvalue weighted by molar-refractivity contribution is 7.98. The summed E-state index contributed by atoms with van der Waals surface area (Å²) in [5.41, 5.74) is 0.177. The Morgan fingerprint density at radius 2 is 2.00 bits per heavy atom. The third-order valence-corrected chi connectivity index (χ3v) is 7.16. The maximum Gasteiger partial charge on any atom is 0.359 e. The molecule has 1 aromatic rings. The van der Waals surface area contributed by atoms with Crippen molar-refractivity contribution in [3.05, 3.63) is 57.6 Å². The second-order valence-corrected chi connectivity index (χ2v) is 9.40. The normalized spacial score (nSPS) is 24.2. The molecule has 3 aliphatic rings. The molecule has 0 bridgehead atoms. The van der Waals surface area contributed by atoms with Crippen LogP contribution in [0.25, 0.3) is 0 Å². The Bertz CT molecular complexity index is 1200. The summed E-state index contributed by atoms with van der Waals surface area (Å²) < 4.78 is 36.3. The van der Waals surface area contributed by atoms with Gasteiger partial charge in [0.05, 0.1) is 27.8 Å². The molecule has 0 aliphatic carbocycles. The molecule has 0 spiro atoms. The number of benzene rings is 1. The van der Waals surface area contributed by atoms with Crippen LogP contribution in [-0.2, 0) is 33.7 Å². The number of ether oxygens (including phenoxy) is 2. The molecule has 0 saturated carbocycles. The molecule has 0 aromatic heterocycles. The largest absolute Gasteiger partial charge is 0.417 e. The Morgan fingerprint density at radius 1 is 1.28 bits per heavy atom. The van der Waals surface area contributed by atoms with E-state index in [0.29, 0.717) is 12.0 Å². The zero-order chi connectivity index (χ0) is 23.2. The van der Waals surface area contributed by atoms with E-state index in [-0.39, 0.29) is 22.8 Å². The topological polar surface area (TPSA) is 136 Å². The molecule has 3 unspecified atom stereocenters. The van der Waals surface area contributed by atoms with Crippen molar-refractivity contribution in [2.24, 2.45) is 5.92 Å². The number of amides is 2. The van der Waals surface area contributed by atoms with Crippen molar-refractivity contribution < 1.29 is 37.1 Å². The Hall–Kier alpha value is -3.47. The molecule has 1 N–H and O–H groups in total. The lowest BCUT2D eigenvalue weighted by Crippen LogP contribution is -2.58. The maximum atomic E-state index is 13.1. The summed E-state index contributed by atoms with van der Waals surface area (Å²) in [5.74, 6) is -3.01. The summed E-state index contributed by atoms with van der Waals surface area (Å²) in [6.07, 6.45) is 0.0417. The van der Waals surface area contributed by atoms with Crippen LogP contribution in [0.1, 0.15) is 48.9 Å². The van der Waals surface area contributed by atoms with Crippen molar-refractivity contribution in [3.63, 3.8) is 0 Å². The van der Waals surface area contributed by atoms with Gasteiger partial charge in [0.15, 0.2) is 9.84 Å². The Labute approximate surface area is 183 Å². The fraction of sp³-hybridized carbons (Fsp3) is 0.333. The first-order chi connectivity index (χ1) is 15.2. The van der Waals surface area contributed by atoms with Gasteiger partial charge in [0, 0.05) is 25.1 Å². The number of carbonyl (C=O) groups is 4. The Balaban J connectivity index is 1.67. The minimum Gasteiger partial charge on any atom is -0.417 e. The first-order valence-electron chi connectivity index (χ1n) is 9.91. The van der Waals surface area contributed by atoms with E-state index in [9.17, 15) is 27.6 Å². The minimum atomic E-state index is -4.15. The van der Waals surface area contributed by atoms with Gasteiger partial charge in [-0.1, -0.05) is 25.1 Å². The molecule has 1 fully saturated rings. The number of carbonyl (C=O) groups excluding carboxylic acids is 4. The number of hydrogen-bond donors (Lipinski definition) is 1. The molecular weight excluding hydrogens is 440 g/mol. The van der Waals surface area contributed by atoms with Crippen molar-refractivity contribution in [2.75, 3.05) is 0 Å². The average molecular weight is 460 g/mol. The summed E-state index contributed by atoms with van der Waals surface area (Å²) in [4.78, 5) is 49.6. The molecule has 3 heterocycles. The molecule has 3 atom stereocenters. The average Bonchev–Trinajstić information content (AvgIpc) is 3.24. The highest BCUT2D eigenvalue weighted by Crippen LogP contribution is 2.46. The number of nitrogens with one attached hydrogen (secondary N) is 1. The van der Waals surface area contributed by atoms with Crippen LogP contribution in [0.5, 0.6) is 0 Å². The highest BCUT2D eigenvalue weighted by atomic mass is 32.2. The van der Waals surface area contributed by atoms with Gasteiger partial charge in [-0.25, -0.2) is 18.0 Å². The number of esters is 2. The second-order valence-electron chi connectivity index (χ2n) is 7.54. The molecule has 2 amide bonds. The van der Waals surface area contributed by atoms with Crippen molar-refractivity contribution >= 4 is 33.6 Å². The molecule has 4 rings (SSSR count). The monoisotopic (exact) mass is 460 g/mol. The lowest BCUT2D eigenvalue weighted by Gasteiger charge is -2.43. The predicted molar refractivity (Wildman–Crippen MR) is 109 cm³/mol. The molecule has 0 radical (unpaired) electrons. The number of nitrogens with zero attached hydrogens (tertiary/aromatic N) is 1. The van der Waals surface area contributed by atoms with Crippen LogP contribution in [0.4, 0.5) is 0 Å². The van der Waals surface area contributed by atoms with Crippen LogP contribution in [0.3, 0.4) is 0 Å². The SMILES string of the molecule is CCC1C(=O)N2C(C(=O)OC3OC(=O)c4ccccc43)=C(S(=O)(=O)C=CNC(C)=O)CC12. The van der Waals surface area contributed by atoms with Gasteiger partial charge in [-0.2, -0.15) is 0 Å². The molecular formula is C21H20N2O8S. The van der Waals surface area contributed by atoms with Gasteiger partial charge in [0.1, 0.15) is 5.70 Å². The van der Waals surface area contributed by atoms with E-state index in [1.165, 1.54) is 13.0 Å². The van der Waals surface area contributed by atoms with Crippen molar-refractivity contribution in [2.45, 2.75) is 39.0 Å². The summed E-state index contributed by atoms with van der Waals surface area (Å²) in [7, 11) is -4.15. The van der Waals surface area contributed by atoms with Gasteiger partial charge in [0.25, 0.3) is 6.29 Å². The van der Waals surface area contributed by atoms with E-state index < -0.39 is 51.6 Å². The van der Waals surface area contributed by atoms with Crippen LogP contribution in [0.2, 0.25) is 0 Å². The molecule has 32 heavy (non-hydrogen) atoms. The second kappa shape index (κ2) is 7.90. The summed E-state index contributed by atoms with van der Waals surface area (Å²) >= 11 is 0. The molecule has 11 heteroatoms. The van der Waals surface area contributed by atoms with E-state index in [2.05, 4.69) is 5.32 Å². The quantitative estimate of drug-likeness (QED) is 0.495. The lowest BCUT2D eigenvalue weighted by molar-refractivity contribution is -0.170. The van der Waals surface area contributed by atoms with E-state index in [0.717, 1.165) is 16.5 Å². The van der Waals surface area contributed by atoms with Gasteiger partial charge in [-0.3, -0.25) is 9.59 Å². The number of sulfone groups is 1. The zero-order valence-corrected chi connectivity index (χ0v) is 18.0. The Kier molecular flexibility index (Phi) is 5.37. The van der Waals surface area contributed by atoms with E-state index >= 15 is 0 Å². The molecule has 168 valence electrons. The molecule has 10 nitrogen and oxygen atoms in total. The fourth-order valence-electron chi connectivity index (χ4n) is 4.12. The van der Waals surface area contributed by atoms with E-state index in [4.69, 9.17) is 9.47 Å². The van der Waals surface area contributed by atoms with Crippen LogP contribution < -0.4 is 5.32 Å². The van der Waals surface area contributed by atoms with Gasteiger partial charge in [-0.05, 0) is 12.5 Å². The van der Waals surface area contributed by atoms with Gasteiger partial charge < -0.3 is 19.7 Å². The van der Waals surface area contributed by atoms with Gasteiger partial charge in [0.2, 0.25) is 11.8 Å². The number of fused-ring (bicyclic) bond motifs is 2. The molecule has 3 aliphatic heterocycles. The van der Waals surface area contributed by atoms with Crippen molar-refractivity contribution in [3.8, 4) is 0 Å². The molecule has 1 aromatic carbocycles. The first kappa shape index (κ1) is 21.8. The highest BCUT2D eigenvalue weighted by Gasteiger charge is 2.56. The minimum absolute atomic E-state index is 0.0531. The number of rotatable bonds is 6. The van der Waals surface area contributed by atoms with Crippen molar-refractivity contribution in [1.29, 1.82) is 0 Å². The van der Waals surface area contributed by atoms with E-state index in [1.54, 1.807) is 25.1 Å². The molecule has 1 saturated heterocycles. The van der Waals surface area contributed by atoms with E-state index in [1.807, 2.05) is 0 Å². The first-order valence-corrected chi connectivity index (χ1v) is 11.5.